The van der Waals surface area contributed by atoms with E-state index in [1.807, 2.05) is 0 Å². The van der Waals surface area contributed by atoms with Crippen molar-refractivity contribution in [1.29, 1.82) is 5.26 Å². The van der Waals surface area contributed by atoms with Crippen molar-refractivity contribution in [3.05, 3.63) is 53.6 Å². The summed E-state index contributed by atoms with van der Waals surface area (Å²) in [7, 11) is 0. The van der Waals surface area contributed by atoms with E-state index in [1.54, 1.807) is 18.2 Å². The number of carbonyl (C=O) groups excluding carboxylic acids is 1. The number of carbonyl (C=O) groups is 1. The van der Waals surface area contributed by atoms with Crippen LogP contribution in [0.25, 0.3) is 11.1 Å². The summed E-state index contributed by atoms with van der Waals surface area (Å²) in [6, 6.07) is 10.9. The normalized spacial score (nSPS) is 20.0. The maximum atomic E-state index is 13.5. The number of hydrogen-bond acceptors (Lipinski definition) is 3. The molecular formula is C21H17F2NO2. The van der Waals surface area contributed by atoms with E-state index in [0.29, 0.717) is 35.3 Å². The molecule has 0 amide bonds. The third kappa shape index (κ3) is 2.57. The first-order valence-electron chi connectivity index (χ1n) is 8.74. The number of ether oxygens (including phenoxy) is 1. The summed E-state index contributed by atoms with van der Waals surface area (Å²) in [6.07, 6.45) is 3.41. The number of benzene rings is 2. The first-order valence-corrected chi connectivity index (χ1v) is 8.74. The van der Waals surface area contributed by atoms with Gasteiger partial charge in [-0.15, -0.1) is 0 Å². The standard InChI is InChI=1S/C21H17F2NO2/c22-17-7-5-13(11-18(17)23)14-4-6-15-19(12-14)26-21(8-2-9-21)16(20(15)25)3-1-10-24/h4-7,11-12,16H,1-3,8-9H2. The molecule has 1 aliphatic carbocycles. The maximum Gasteiger partial charge on any atom is 0.173 e. The van der Waals surface area contributed by atoms with Gasteiger partial charge in [0.05, 0.1) is 17.6 Å². The number of Topliss-reactive ketones (excluding diaryl/α,β-unsaturated/α-hetero) is 1. The van der Waals surface area contributed by atoms with Gasteiger partial charge in [-0.2, -0.15) is 5.26 Å². The molecule has 0 N–H and O–H groups in total. The largest absolute Gasteiger partial charge is 0.486 e. The molecule has 0 aromatic heterocycles. The van der Waals surface area contributed by atoms with E-state index >= 15 is 0 Å². The van der Waals surface area contributed by atoms with E-state index < -0.39 is 17.2 Å². The van der Waals surface area contributed by atoms with Crippen molar-refractivity contribution in [3.8, 4) is 22.9 Å². The lowest BCUT2D eigenvalue weighted by Gasteiger charge is -2.49. The minimum Gasteiger partial charge on any atom is -0.486 e. The van der Waals surface area contributed by atoms with Crippen LogP contribution in [-0.4, -0.2) is 11.4 Å². The van der Waals surface area contributed by atoms with Gasteiger partial charge in [-0.1, -0.05) is 12.1 Å². The molecule has 1 saturated carbocycles. The summed E-state index contributed by atoms with van der Waals surface area (Å²) in [4.78, 5) is 13.0. The molecule has 1 atom stereocenters. The second kappa shape index (κ2) is 6.21. The van der Waals surface area contributed by atoms with Gasteiger partial charge in [-0.25, -0.2) is 8.78 Å². The smallest absolute Gasteiger partial charge is 0.173 e. The third-order valence-corrected chi connectivity index (χ3v) is 5.51. The van der Waals surface area contributed by atoms with E-state index in [1.165, 1.54) is 6.07 Å². The highest BCUT2D eigenvalue weighted by Crippen LogP contribution is 2.50. The Morgan fingerprint density at radius 3 is 2.50 bits per heavy atom. The molecule has 1 fully saturated rings. The van der Waals surface area contributed by atoms with Crippen LogP contribution >= 0.6 is 0 Å². The molecule has 4 rings (SSSR count). The molecule has 3 nitrogen and oxygen atoms in total. The maximum absolute atomic E-state index is 13.5. The van der Waals surface area contributed by atoms with Crippen LogP contribution < -0.4 is 4.74 Å². The van der Waals surface area contributed by atoms with Gasteiger partial charge in [-0.05, 0) is 61.1 Å². The number of rotatable bonds is 3. The number of halogens is 2. The van der Waals surface area contributed by atoms with Crippen molar-refractivity contribution >= 4 is 5.78 Å². The first kappa shape index (κ1) is 16.7. The van der Waals surface area contributed by atoms with E-state index in [0.717, 1.165) is 31.4 Å². The molecule has 2 aromatic carbocycles. The summed E-state index contributed by atoms with van der Waals surface area (Å²) in [5.74, 6) is -1.60. The molecule has 2 aromatic rings. The second-order valence-electron chi connectivity index (χ2n) is 6.97. The van der Waals surface area contributed by atoms with Crippen LogP contribution in [0.5, 0.6) is 5.75 Å². The molecule has 1 spiro atoms. The number of nitriles is 1. The Morgan fingerprint density at radius 2 is 1.85 bits per heavy atom. The lowest BCUT2D eigenvalue weighted by molar-refractivity contribution is -0.0584. The Morgan fingerprint density at radius 1 is 1.12 bits per heavy atom. The average molecular weight is 353 g/mol. The minimum absolute atomic E-state index is 0.0121. The van der Waals surface area contributed by atoms with Crippen molar-refractivity contribution in [2.45, 2.75) is 37.7 Å². The van der Waals surface area contributed by atoms with Crippen LogP contribution in [0.1, 0.15) is 42.5 Å². The fraction of sp³-hybridized carbons (Fsp3) is 0.333. The highest BCUT2D eigenvalue weighted by atomic mass is 19.2. The molecule has 1 heterocycles. The lowest BCUT2D eigenvalue weighted by Crippen LogP contribution is -2.55. The van der Waals surface area contributed by atoms with Gasteiger partial charge in [0.25, 0.3) is 0 Å². The zero-order chi connectivity index (χ0) is 18.3. The average Bonchev–Trinajstić information content (AvgIpc) is 2.61. The van der Waals surface area contributed by atoms with Gasteiger partial charge in [0, 0.05) is 6.42 Å². The summed E-state index contributed by atoms with van der Waals surface area (Å²) in [6.45, 7) is 0. The number of hydrogen-bond donors (Lipinski definition) is 0. The molecule has 1 aliphatic heterocycles. The van der Waals surface area contributed by atoms with E-state index in [-0.39, 0.29) is 11.7 Å². The summed E-state index contributed by atoms with van der Waals surface area (Å²) in [5.41, 5.74) is 1.17. The van der Waals surface area contributed by atoms with Crippen molar-refractivity contribution in [2.24, 2.45) is 5.92 Å². The molecule has 5 heteroatoms. The predicted molar refractivity (Wildman–Crippen MR) is 91.7 cm³/mol. The van der Waals surface area contributed by atoms with Crippen molar-refractivity contribution < 1.29 is 18.3 Å². The van der Waals surface area contributed by atoms with Gasteiger partial charge in [0.2, 0.25) is 0 Å². The predicted octanol–water partition coefficient (Wildman–Crippen LogP) is 5.05. The van der Waals surface area contributed by atoms with Crippen LogP contribution in [0.4, 0.5) is 8.78 Å². The molecule has 26 heavy (non-hydrogen) atoms. The quantitative estimate of drug-likeness (QED) is 0.776. The minimum atomic E-state index is -0.913. The second-order valence-corrected chi connectivity index (χ2v) is 6.97. The van der Waals surface area contributed by atoms with Crippen LogP contribution in [0.3, 0.4) is 0 Å². The number of nitrogens with zero attached hydrogens (tertiary/aromatic N) is 1. The SMILES string of the molecule is N#CCCC1C(=O)c2ccc(-c3ccc(F)c(F)c3)cc2OC12CCC2. The van der Waals surface area contributed by atoms with E-state index in [9.17, 15) is 13.6 Å². The zero-order valence-electron chi connectivity index (χ0n) is 14.1. The molecule has 132 valence electrons. The molecular weight excluding hydrogens is 336 g/mol. The van der Waals surface area contributed by atoms with Gasteiger partial charge >= 0.3 is 0 Å². The summed E-state index contributed by atoms with van der Waals surface area (Å²) >= 11 is 0. The van der Waals surface area contributed by atoms with Crippen molar-refractivity contribution in [2.75, 3.05) is 0 Å². The summed E-state index contributed by atoms with van der Waals surface area (Å²) in [5, 5.41) is 8.88. The Kier molecular flexibility index (Phi) is 3.99. The third-order valence-electron chi connectivity index (χ3n) is 5.51. The van der Waals surface area contributed by atoms with Gasteiger partial charge in [0.15, 0.2) is 17.4 Å². The molecule has 1 unspecified atom stereocenters. The van der Waals surface area contributed by atoms with Crippen LogP contribution in [0.2, 0.25) is 0 Å². The zero-order valence-corrected chi connectivity index (χ0v) is 14.1. The Bertz CT molecular complexity index is 928. The van der Waals surface area contributed by atoms with Gasteiger partial charge in [-0.3, -0.25) is 4.79 Å². The Hall–Kier alpha value is -2.74. The highest BCUT2D eigenvalue weighted by molar-refractivity contribution is 6.02. The Labute approximate surface area is 150 Å². The molecule has 2 aliphatic rings. The van der Waals surface area contributed by atoms with Crippen LogP contribution in [0, 0.1) is 28.9 Å². The van der Waals surface area contributed by atoms with E-state index in [4.69, 9.17) is 10.00 Å². The number of fused-ring (bicyclic) bond motifs is 1. The monoisotopic (exact) mass is 353 g/mol. The van der Waals surface area contributed by atoms with Gasteiger partial charge < -0.3 is 4.74 Å². The topological polar surface area (TPSA) is 50.1 Å². The van der Waals surface area contributed by atoms with E-state index in [2.05, 4.69) is 6.07 Å². The summed E-state index contributed by atoms with van der Waals surface area (Å²) < 4.78 is 33.0. The highest BCUT2D eigenvalue weighted by Gasteiger charge is 2.52. The lowest BCUT2D eigenvalue weighted by atomic mass is 9.65. The fourth-order valence-corrected chi connectivity index (χ4v) is 3.96. The van der Waals surface area contributed by atoms with Crippen molar-refractivity contribution in [3.63, 3.8) is 0 Å². The fourth-order valence-electron chi connectivity index (χ4n) is 3.96. The molecule has 0 radical (unpaired) electrons. The number of ketones is 1. The van der Waals surface area contributed by atoms with Crippen LogP contribution in [-0.2, 0) is 0 Å². The molecule has 0 saturated heterocycles. The van der Waals surface area contributed by atoms with Crippen LogP contribution in [0.15, 0.2) is 36.4 Å². The van der Waals surface area contributed by atoms with Crippen molar-refractivity contribution in [1.82, 2.24) is 0 Å². The first-order chi connectivity index (χ1) is 12.5. The van der Waals surface area contributed by atoms with Gasteiger partial charge in [0.1, 0.15) is 11.4 Å². The molecule has 0 bridgehead atoms. The Balaban J connectivity index is 1.73.